The topological polar surface area (TPSA) is 159 Å². The van der Waals surface area contributed by atoms with Gasteiger partial charge in [0.05, 0.1) is 26.7 Å². The van der Waals surface area contributed by atoms with Gasteiger partial charge in [0.15, 0.2) is 11.6 Å². The second-order valence-corrected chi connectivity index (χ2v) is 26.3. The molecule has 0 radical (unpaired) electrons. The van der Waals surface area contributed by atoms with E-state index in [9.17, 15) is 29.3 Å². The quantitative estimate of drug-likeness (QED) is 0.0458. The number of carbonyl (C=O) groups excluding carboxylic acids is 3. The SMILES string of the molecule is C/C(Cl)=C/C1C(C(=O)OC(C#N)c2cccc(Oc3ccccc3)c2)C1(C)C.CC1(C)[C@H](C(=O)OC(C#N)c2cccc(Oc3ccccc3)c2)[C@@H]1C=C(Br)Br.[C-]#[N+]C(OC(=O)C1C(/C=C(/C)Cl)C1(C)C)c1ccc(F)c(Oc2ccccc2)c1. The molecule has 0 aromatic heterocycles. The normalized spacial score (nSPS) is 20.9. The van der Waals surface area contributed by atoms with E-state index in [4.69, 9.17) is 58.2 Å². The lowest BCUT2D eigenvalue weighted by Gasteiger charge is -2.13. The van der Waals surface area contributed by atoms with Crippen molar-refractivity contribution in [2.75, 3.05) is 0 Å². The zero-order valence-electron chi connectivity index (χ0n) is 47.8. The highest BCUT2D eigenvalue weighted by Gasteiger charge is 2.63. The van der Waals surface area contributed by atoms with E-state index in [1.54, 1.807) is 86.6 Å². The molecule has 3 aliphatic rings. The Morgan fingerprint density at radius 2 is 0.894 bits per heavy atom. The van der Waals surface area contributed by atoms with Crippen LogP contribution in [0.5, 0.6) is 34.5 Å². The molecule has 0 heterocycles. The van der Waals surface area contributed by atoms with Gasteiger partial charge in [0.25, 0.3) is 0 Å². The number of carbonyl (C=O) groups is 3. The number of benzene rings is 6. The van der Waals surface area contributed by atoms with Gasteiger partial charge in [0.2, 0.25) is 12.2 Å². The molecule has 0 bridgehead atoms. The van der Waals surface area contributed by atoms with Crippen molar-refractivity contribution in [2.24, 2.45) is 51.8 Å². The maximum absolute atomic E-state index is 14.2. The summed E-state index contributed by atoms with van der Waals surface area (Å²) in [5.74, 6) is 0.252. The Kier molecular flexibility index (Phi) is 21.7. The number of allylic oxidation sites excluding steroid dienone is 5. The van der Waals surface area contributed by atoms with E-state index in [0.717, 1.165) is 3.39 Å². The summed E-state index contributed by atoms with van der Waals surface area (Å²) in [5.41, 5.74) is 0.775. The van der Waals surface area contributed by atoms with Gasteiger partial charge in [-0.3, -0.25) is 19.2 Å². The first-order valence-electron chi connectivity index (χ1n) is 27.1. The average molecular weight is 1310 g/mol. The van der Waals surface area contributed by atoms with Gasteiger partial charge >= 0.3 is 24.1 Å². The summed E-state index contributed by atoms with van der Waals surface area (Å²) in [7, 11) is 0. The lowest BCUT2D eigenvalue weighted by atomic mass is 10.1. The van der Waals surface area contributed by atoms with E-state index in [2.05, 4.69) is 48.8 Å². The molecule has 85 heavy (non-hydrogen) atoms. The average Bonchev–Trinajstić information content (AvgIpc) is 1.64. The van der Waals surface area contributed by atoms with Gasteiger partial charge < -0.3 is 28.4 Å². The lowest BCUT2D eigenvalue weighted by Crippen LogP contribution is -2.14. The Morgan fingerprint density at radius 1 is 0.529 bits per heavy atom. The monoisotopic (exact) mass is 1310 g/mol. The lowest BCUT2D eigenvalue weighted by molar-refractivity contribution is -0.150. The van der Waals surface area contributed by atoms with Crippen molar-refractivity contribution < 1.29 is 47.2 Å². The fourth-order valence-electron chi connectivity index (χ4n) is 10.1. The van der Waals surface area contributed by atoms with Crippen molar-refractivity contribution in [3.05, 3.63) is 223 Å². The molecular weight excluding hydrogens is 1250 g/mol. The van der Waals surface area contributed by atoms with Crippen LogP contribution in [0, 0.1) is 86.8 Å². The summed E-state index contributed by atoms with van der Waals surface area (Å²) in [6.07, 6.45) is 2.50. The highest BCUT2D eigenvalue weighted by atomic mass is 79.9. The molecule has 0 amide bonds. The van der Waals surface area contributed by atoms with Gasteiger partial charge in [0.1, 0.15) is 40.9 Å². The van der Waals surface area contributed by atoms with Crippen LogP contribution in [0.2, 0.25) is 0 Å². The molecule has 6 aromatic carbocycles. The predicted octanol–water partition coefficient (Wildman–Crippen LogP) is 19.0. The smallest absolute Gasteiger partial charge is 0.395 e. The van der Waals surface area contributed by atoms with Gasteiger partial charge in [-0.1, -0.05) is 162 Å². The number of hydrogen-bond acceptors (Lipinski definition) is 11. The highest BCUT2D eigenvalue weighted by Crippen LogP contribution is 2.62. The second kappa shape index (κ2) is 28.5. The molecular formula is C68H62Br2Cl2FN3O9. The Morgan fingerprint density at radius 3 is 1.26 bits per heavy atom. The Balaban J connectivity index is 0.000000183. The second-order valence-electron chi connectivity index (χ2n) is 22.3. The van der Waals surface area contributed by atoms with Crippen LogP contribution in [0.3, 0.4) is 0 Å². The van der Waals surface area contributed by atoms with Gasteiger partial charge in [-0.05, 0) is 159 Å². The van der Waals surface area contributed by atoms with Crippen molar-refractivity contribution in [1.29, 1.82) is 10.5 Å². The summed E-state index contributed by atoms with van der Waals surface area (Å²) in [6.45, 7) is 22.9. The van der Waals surface area contributed by atoms with Crippen molar-refractivity contribution in [3.63, 3.8) is 0 Å². The van der Waals surface area contributed by atoms with Crippen LogP contribution in [-0.4, -0.2) is 17.9 Å². The Hall–Kier alpha value is -7.71. The number of nitrogens with zero attached hydrogens (tertiary/aromatic N) is 3. The molecule has 3 fully saturated rings. The molecule has 12 nitrogen and oxygen atoms in total. The van der Waals surface area contributed by atoms with Crippen LogP contribution >= 0.6 is 55.1 Å². The molecule has 438 valence electrons. The first kappa shape index (κ1) is 64.8. The Bertz CT molecular complexity index is 3430. The van der Waals surface area contributed by atoms with E-state index in [1.807, 2.05) is 127 Å². The molecule has 3 aliphatic carbocycles. The van der Waals surface area contributed by atoms with Crippen molar-refractivity contribution in [2.45, 2.75) is 73.8 Å². The van der Waals surface area contributed by atoms with E-state index in [0.29, 0.717) is 55.5 Å². The fourth-order valence-corrected chi connectivity index (χ4v) is 11.0. The minimum atomic E-state index is -1.18. The summed E-state index contributed by atoms with van der Waals surface area (Å²) < 4.78 is 48.7. The van der Waals surface area contributed by atoms with Crippen LogP contribution in [-0.2, 0) is 28.6 Å². The number of nitriles is 2. The maximum atomic E-state index is 14.2. The number of esters is 3. The summed E-state index contributed by atoms with van der Waals surface area (Å²) >= 11 is 18.6. The third kappa shape index (κ3) is 17.0. The minimum Gasteiger partial charge on any atom is -0.457 e. The molecule has 0 N–H and O–H groups in total. The molecule has 9 atom stereocenters. The molecule has 7 unspecified atom stereocenters. The molecule has 0 spiro atoms. The van der Waals surface area contributed by atoms with Crippen molar-refractivity contribution in [1.82, 2.24) is 0 Å². The van der Waals surface area contributed by atoms with Gasteiger partial charge in [-0.15, -0.1) is 0 Å². The Labute approximate surface area is 522 Å². The van der Waals surface area contributed by atoms with Crippen LogP contribution in [0.1, 0.15) is 90.5 Å². The van der Waals surface area contributed by atoms with Gasteiger partial charge in [-0.2, -0.15) is 10.5 Å². The largest absolute Gasteiger partial charge is 0.457 e. The van der Waals surface area contributed by atoms with Crippen LogP contribution < -0.4 is 14.2 Å². The van der Waals surface area contributed by atoms with Crippen LogP contribution in [0.15, 0.2) is 189 Å². The third-order valence-corrected chi connectivity index (χ3v) is 15.9. The number of para-hydroxylation sites is 3. The standard InChI is InChI=1S/C23H21ClFNO3.C23H22ClNO3.C22H19Br2NO3/c1-14(24)12-17-20(23(17,2)3)22(27)29-21(26-4)15-10-11-18(25)19(13-15)28-16-8-6-5-7-9-16;1-15(24)12-19-21(23(19,2)3)22(26)28-20(14-25)16-8-7-11-18(13-16)27-17-9-5-4-6-10-17;1-22(2)17(12-19(23)24)20(22)21(26)28-18(13-25)14-7-6-10-16(11-14)27-15-8-4-3-5-9-15/h5-13,17,20-21H,1-3H3;4-13,19-21H,1-3H3;3-12,17-18,20H,1-2H3/b14-12-;15-12-;/t;;17-,18?,20-/m..0/s1. The van der Waals surface area contributed by atoms with E-state index >= 15 is 0 Å². The summed E-state index contributed by atoms with van der Waals surface area (Å²) in [5, 5.41) is 20.4. The van der Waals surface area contributed by atoms with E-state index in [-0.39, 0.29) is 69.4 Å². The molecule has 0 saturated heterocycles. The molecule has 6 aromatic rings. The van der Waals surface area contributed by atoms with E-state index in [1.165, 1.54) is 18.2 Å². The third-order valence-electron chi connectivity index (χ3n) is 15.2. The minimum absolute atomic E-state index is 0.0181. The summed E-state index contributed by atoms with van der Waals surface area (Å²) in [4.78, 5) is 41.4. The zero-order chi connectivity index (χ0) is 61.8. The number of hydrogen-bond donors (Lipinski definition) is 0. The van der Waals surface area contributed by atoms with Crippen molar-refractivity contribution >= 4 is 73.0 Å². The van der Waals surface area contributed by atoms with Gasteiger partial charge in [-0.25, -0.2) is 11.0 Å². The zero-order valence-corrected chi connectivity index (χ0v) is 52.5. The molecule has 17 heteroatoms. The summed E-state index contributed by atoms with van der Waals surface area (Å²) in [6, 6.07) is 49.7. The maximum Gasteiger partial charge on any atom is 0.395 e. The molecule has 9 rings (SSSR count). The van der Waals surface area contributed by atoms with Gasteiger partial charge in [0, 0.05) is 21.2 Å². The molecule has 0 aliphatic heterocycles. The first-order valence-corrected chi connectivity index (χ1v) is 29.4. The van der Waals surface area contributed by atoms with E-state index < -0.39 is 30.2 Å². The predicted molar refractivity (Wildman–Crippen MR) is 331 cm³/mol. The number of ether oxygens (including phenoxy) is 6. The number of rotatable bonds is 18. The van der Waals surface area contributed by atoms with Crippen LogP contribution in [0.25, 0.3) is 4.85 Å². The van der Waals surface area contributed by atoms with Crippen LogP contribution in [0.4, 0.5) is 4.39 Å². The first-order chi connectivity index (χ1) is 40.4. The number of halogens is 5. The van der Waals surface area contributed by atoms with Crippen molar-refractivity contribution in [3.8, 4) is 46.6 Å². The fraction of sp³-hybridized carbons (Fsp3) is 0.294. The highest BCUT2D eigenvalue weighted by molar-refractivity contribution is 9.28. The molecule has 3 saturated carbocycles.